The van der Waals surface area contributed by atoms with Gasteiger partial charge in [0.15, 0.2) is 0 Å². The molecular weight excluding hydrogens is 306 g/mol. The number of hydrogen-bond donors (Lipinski definition) is 1. The molecule has 0 radical (unpaired) electrons. The zero-order valence-electron chi connectivity index (χ0n) is 14.4. The summed E-state index contributed by atoms with van der Waals surface area (Å²) in [7, 11) is 2.18. The van der Waals surface area contributed by atoms with E-state index in [9.17, 15) is 4.79 Å². The maximum Gasteiger partial charge on any atom is 0.307 e. The van der Waals surface area contributed by atoms with Crippen LogP contribution in [0.2, 0.25) is 0 Å². The topological polar surface area (TPSA) is 59.0 Å². The number of nitrogens with zero attached hydrogens (tertiary/aromatic N) is 1. The molecule has 2 heterocycles. The van der Waals surface area contributed by atoms with Crippen molar-refractivity contribution in [3.05, 3.63) is 23.8 Å². The summed E-state index contributed by atoms with van der Waals surface area (Å²) in [6.07, 6.45) is 5.09. The normalized spacial score (nSPS) is 21.8. The van der Waals surface area contributed by atoms with E-state index >= 15 is 0 Å². The number of carboxylic acids is 1. The maximum absolute atomic E-state index is 10.8. The van der Waals surface area contributed by atoms with Crippen LogP contribution in [0.15, 0.2) is 18.2 Å². The Hall–Kier alpha value is -1.75. The summed E-state index contributed by atoms with van der Waals surface area (Å²) >= 11 is 0. The standard InChI is InChI=1S/C19H27NO4/c1-20-9-6-14(7-10-20)8-11-23-16-4-5-18-15(12-16)2-3-17(24-18)13-19(21)22/h4-5,12,14,17H,2-3,6-11,13H2,1H3,(H,21,22). The average Bonchev–Trinajstić information content (AvgIpc) is 2.56. The van der Waals surface area contributed by atoms with Gasteiger partial charge in [-0.05, 0) is 81.9 Å². The monoisotopic (exact) mass is 333 g/mol. The highest BCUT2D eigenvalue weighted by atomic mass is 16.5. The van der Waals surface area contributed by atoms with Crippen LogP contribution in [0.5, 0.6) is 11.5 Å². The first-order valence-electron chi connectivity index (χ1n) is 8.93. The molecule has 1 aromatic carbocycles. The number of aliphatic carboxylic acids is 1. The molecule has 3 rings (SSSR count). The summed E-state index contributed by atoms with van der Waals surface area (Å²) in [4.78, 5) is 13.2. The number of ether oxygens (including phenoxy) is 2. The third-order valence-electron chi connectivity index (χ3n) is 5.10. The van der Waals surface area contributed by atoms with Crippen molar-refractivity contribution >= 4 is 5.97 Å². The van der Waals surface area contributed by atoms with E-state index in [1.165, 1.54) is 25.9 Å². The zero-order valence-corrected chi connectivity index (χ0v) is 14.4. The van der Waals surface area contributed by atoms with Gasteiger partial charge in [0, 0.05) is 0 Å². The number of fused-ring (bicyclic) bond motifs is 1. The quantitative estimate of drug-likeness (QED) is 0.867. The predicted molar refractivity (Wildman–Crippen MR) is 91.8 cm³/mol. The predicted octanol–water partition coefficient (Wildman–Crippen LogP) is 2.97. The molecule has 5 nitrogen and oxygen atoms in total. The van der Waals surface area contributed by atoms with Gasteiger partial charge < -0.3 is 19.5 Å². The molecule has 1 unspecified atom stereocenters. The van der Waals surface area contributed by atoms with E-state index in [0.717, 1.165) is 48.8 Å². The van der Waals surface area contributed by atoms with Gasteiger partial charge >= 0.3 is 5.97 Å². The molecule has 24 heavy (non-hydrogen) atoms. The van der Waals surface area contributed by atoms with E-state index in [1.54, 1.807) is 0 Å². The van der Waals surface area contributed by atoms with Gasteiger partial charge in [0.25, 0.3) is 0 Å². The number of aryl methyl sites for hydroxylation is 1. The van der Waals surface area contributed by atoms with Crippen molar-refractivity contribution in [3.63, 3.8) is 0 Å². The van der Waals surface area contributed by atoms with Crippen molar-refractivity contribution in [2.75, 3.05) is 26.7 Å². The molecule has 1 aromatic rings. The second-order valence-corrected chi connectivity index (χ2v) is 7.03. The lowest BCUT2D eigenvalue weighted by Crippen LogP contribution is -2.30. The number of carbonyl (C=O) groups is 1. The second kappa shape index (κ2) is 7.88. The number of benzene rings is 1. The third kappa shape index (κ3) is 4.63. The summed E-state index contributed by atoms with van der Waals surface area (Å²) in [6, 6.07) is 5.88. The molecule has 132 valence electrons. The first-order valence-corrected chi connectivity index (χ1v) is 8.93. The Kier molecular flexibility index (Phi) is 5.61. The molecule has 1 N–H and O–H groups in total. The first-order chi connectivity index (χ1) is 11.6. The molecule has 0 bridgehead atoms. The highest BCUT2D eigenvalue weighted by molar-refractivity contribution is 5.67. The minimum Gasteiger partial charge on any atom is -0.494 e. The van der Waals surface area contributed by atoms with Gasteiger partial charge in [-0.1, -0.05) is 0 Å². The van der Waals surface area contributed by atoms with Crippen LogP contribution in [0.4, 0.5) is 0 Å². The summed E-state index contributed by atoms with van der Waals surface area (Å²) in [6.45, 7) is 3.15. The fourth-order valence-corrected chi connectivity index (χ4v) is 3.54. The van der Waals surface area contributed by atoms with Crippen LogP contribution in [0.25, 0.3) is 0 Å². The van der Waals surface area contributed by atoms with E-state index in [4.69, 9.17) is 14.6 Å². The van der Waals surface area contributed by atoms with Crippen LogP contribution >= 0.6 is 0 Å². The lowest BCUT2D eigenvalue weighted by molar-refractivity contribution is -0.139. The Balaban J connectivity index is 1.47. The van der Waals surface area contributed by atoms with E-state index in [0.29, 0.717) is 0 Å². The summed E-state index contributed by atoms with van der Waals surface area (Å²) in [5.41, 5.74) is 1.12. The minimum absolute atomic E-state index is 0.0638. The molecule has 5 heteroatoms. The van der Waals surface area contributed by atoms with Crippen molar-refractivity contribution in [2.45, 2.75) is 44.6 Å². The van der Waals surface area contributed by atoms with Gasteiger partial charge in [0.1, 0.15) is 17.6 Å². The Morgan fingerprint density at radius 2 is 2.12 bits per heavy atom. The Bertz CT molecular complexity index is 566. The lowest BCUT2D eigenvalue weighted by atomic mass is 9.94. The zero-order chi connectivity index (χ0) is 16.9. The summed E-state index contributed by atoms with van der Waals surface area (Å²) in [5.74, 6) is 1.66. The Morgan fingerprint density at radius 3 is 2.88 bits per heavy atom. The maximum atomic E-state index is 10.8. The molecule has 0 saturated carbocycles. The molecule has 0 spiro atoms. The van der Waals surface area contributed by atoms with Crippen LogP contribution in [-0.4, -0.2) is 48.8 Å². The lowest BCUT2D eigenvalue weighted by Gasteiger charge is -2.29. The van der Waals surface area contributed by atoms with E-state index in [-0.39, 0.29) is 12.5 Å². The van der Waals surface area contributed by atoms with Gasteiger partial charge in [0.05, 0.1) is 13.0 Å². The third-order valence-corrected chi connectivity index (χ3v) is 5.10. The fourth-order valence-electron chi connectivity index (χ4n) is 3.54. The molecular formula is C19H27NO4. The van der Waals surface area contributed by atoms with Crippen LogP contribution in [0.3, 0.4) is 0 Å². The summed E-state index contributed by atoms with van der Waals surface area (Å²) in [5, 5.41) is 8.87. The minimum atomic E-state index is -0.808. The molecule has 2 aliphatic rings. The number of hydrogen-bond acceptors (Lipinski definition) is 4. The number of carboxylic acid groups (broad SMARTS) is 1. The fraction of sp³-hybridized carbons (Fsp3) is 0.632. The number of rotatable bonds is 6. The Morgan fingerprint density at radius 1 is 1.33 bits per heavy atom. The SMILES string of the molecule is CN1CCC(CCOc2ccc3c(c2)CCC(CC(=O)O)O3)CC1. The van der Waals surface area contributed by atoms with Crippen molar-refractivity contribution in [3.8, 4) is 11.5 Å². The highest BCUT2D eigenvalue weighted by Gasteiger charge is 2.22. The van der Waals surface area contributed by atoms with Crippen molar-refractivity contribution in [1.82, 2.24) is 4.90 Å². The van der Waals surface area contributed by atoms with Crippen molar-refractivity contribution in [2.24, 2.45) is 5.92 Å². The molecule has 0 amide bonds. The molecule has 0 aliphatic carbocycles. The molecule has 0 aromatic heterocycles. The molecule has 2 aliphatic heterocycles. The van der Waals surface area contributed by atoms with Crippen LogP contribution in [0, 0.1) is 5.92 Å². The Labute approximate surface area is 143 Å². The van der Waals surface area contributed by atoms with Gasteiger partial charge in [-0.3, -0.25) is 4.79 Å². The second-order valence-electron chi connectivity index (χ2n) is 7.03. The number of likely N-dealkylation sites (tertiary alicyclic amines) is 1. The van der Waals surface area contributed by atoms with Crippen LogP contribution in [0.1, 0.15) is 37.7 Å². The average molecular weight is 333 g/mol. The molecule has 1 saturated heterocycles. The van der Waals surface area contributed by atoms with Gasteiger partial charge in [-0.25, -0.2) is 0 Å². The van der Waals surface area contributed by atoms with Crippen LogP contribution < -0.4 is 9.47 Å². The van der Waals surface area contributed by atoms with Gasteiger partial charge in [0.2, 0.25) is 0 Å². The number of piperidine rings is 1. The van der Waals surface area contributed by atoms with Gasteiger partial charge in [-0.2, -0.15) is 0 Å². The van der Waals surface area contributed by atoms with Crippen molar-refractivity contribution < 1.29 is 19.4 Å². The largest absolute Gasteiger partial charge is 0.494 e. The van der Waals surface area contributed by atoms with E-state index in [2.05, 4.69) is 11.9 Å². The van der Waals surface area contributed by atoms with Gasteiger partial charge in [-0.15, -0.1) is 0 Å². The molecule has 1 atom stereocenters. The summed E-state index contributed by atoms with van der Waals surface area (Å²) < 4.78 is 11.7. The smallest absolute Gasteiger partial charge is 0.307 e. The van der Waals surface area contributed by atoms with Crippen LogP contribution in [-0.2, 0) is 11.2 Å². The van der Waals surface area contributed by atoms with Crippen molar-refractivity contribution in [1.29, 1.82) is 0 Å². The molecule has 1 fully saturated rings. The van der Waals surface area contributed by atoms with E-state index in [1.807, 2.05) is 18.2 Å². The van der Waals surface area contributed by atoms with E-state index < -0.39 is 5.97 Å². The highest BCUT2D eigenvalue weighted by Crippen LogP contribution is 2.32. The first kappa shape index (κ1) is 17.1.